The molecular formula is C14H22N2O. The molecule has 1 aromatic rings. The van der Waals surface area contributed by atoms with E-state index in [2.05, 4.69) is 4.98 Å². The maximum absolute atomic E-state index is 6.01. The smallest absolute Gasteiger partial charge is 0.0987 e. The summed E-state index contributed by atoms with van der Waals surface area (Å²) in [5.41, 5.74) is 7.08. The van der Waals surface area contributed by atoms with E-state index >= 15 is 0 Å². The van der Waals surface area contributed by atoms with Gasteiger partial charge in [-0.05, 0) is 31.7 Å². The Morgan fingerprint density at radius 3 is 2.82 bits per heavy atom. The Bertz CT molecular complexity index is 320. The molecule has 1 heterocycles. The van der Waals surface area contributed by atoms with E-state index in [1.807, 2.05) is 25.3 Å². The second-order valence-electron chi connectivity index (χ2n) is 5.05. The Morgan fingerprint density at radius 2 is 2.24 bits per heavy atom. The third-order valence-corrected chi connectivity index (χ3v) is 3.48. The van der Waals surface area contributed by atoms with E-state index in [0.717, 1.165) is 18.1 Å². The molecule has 1 aliphatic rings. The zero-order valence-corrected chi connectivity index (χ0v) is 10.5. The molecule has 2 atom stereocenters. The van der Waals surface area contributed by atoms with Crippen molar-refractivity contribution in [2.75, 3.05) is 6.61 Å². The van der Waals surface area contributed by atoms with Crippen LogP contribution in [0.1, 0.15) is 44.3 Å². The van der Waals surface area contributed by atoms with E-state index in [1.165, 1.54) is 25.7 Å². The molecule has 1 saturated carbocycles. The highest BCUT2D eigenvalue weighted by Crippen LogP contribution is 2.27. The van der Waals surface area contributed by atoms with Crippen molar-refractivity contribution in [3.8, 4) is 0 Å². The number of rotatable bonds is 5. The lowest BCUT2D eigenvalue weighted by atomic mass is 10.1. The molecule has 1 aliphatic carbocycles. The van der Waals surface area contributed by atoms with Crippen LogP contribution in [-0.2, 0) is 4.74 Å². The van der Waals surface area contributed by atoms with Crippen molar-refractivity contribution in [2.24, 2.45) is 11.7 Å². The predicted molar refractivity (Wildman–Crippen MR) is 68.5 cm³/mol. The highest BCUT2D eigenvalue weighted by Gasteiger charge is 2.21. The van der Waals surface area contributed by atoms with Crippen LogP contribution in [0.25, 0.3) is 0 Å². The molecule has 2 rings (SSSR count). The van der Waals surface area contributed by atoms with Gasteiger partial charge in [0.25, 0.3) is 0 Å². The number of aromatic nitrogens is 1. The largest absolute Gasteiger partial charge is 0.372 e. The SMILES string of the molecule is CC(N)C(OCC1CCCC1)c1cccnc1. The monoisotopic (exact) mass is 234 g/mol. The summed E-state index contributed by atoms with van der Waals surface area (Å²) in [6.45, 7) is 2.83. The third-order valence-electron chi connectivity index (χ3n) is 3.48. The molecule has 94 valence electrons. The van der Waals surface area contributed by atoms with Crippen molar-refractivity contribution in [1.82, 2.24) is 4.98 Å². The number of hydrogen-bond donors (Lipinski definition) is 1. The fraction of sp³-hybridized carbons (Fsp3) is 0.643. The number of pyridine rings is 1. The average molecular weight is 234 g/mol. The molecule has 0 bridgehead atoms. The standard InChI is InChI=1S/C14H22N2O/c1-11(15)14(13-7-4-8-16-9-13)17-10-12-5-2-3-6-12/h4,7-9,11-12,14H,2-3,5-6,10,15H2,1H3. The molecule has 1 aromatic heterocycles. The van der Waals surface area contributed by atoms with E-state index in [4.69, 9.17) is 10.5 Å². The quantitative estimate of drug-likeness (QED) is 0.852. The lowest BCUT2D eigenvalue weighted by Crippen LogP contribution is -2.28. The molecule has 3 heteroatoms. The molecule has 0 amide bonds. The van der Waals surface area contributed by atoms with Crippen molar-refractivity contribution in [2.45, 2.75) is 44.8 Å². The van der Waals surface area contributed by atoms with Crippen molar-refractivity contribution in [3.05, 3.63) is 30.1 Å². The number of hydrogen-bond acceptors (Lipinski definition) is 3. The van der Waals surface area contributed by atoms with Gasteiger partial charge in [0.1, 0.15) is 0 Å². The fourth-order valence-electron chi connectivity index (χ4n) is 2.51. The van der Waals surface area contributed by atoms with Crippen LogP contribution in [0.3, 0.4) is 0 Å². The van der Waals surface area contributed by atoms with Crippen LogP contribution in [0, 0.1) is 5.92 Å². The molecular weight excluding hydrogens is 212 g/mol. The van der Waals surface area contributed by atoms with Crippen LogP contribution in [0.2, 0.25) is 0 Å². The zero-order valence-electron chi connectivity index (χ0n) is 10.5. The summed E-state index contributed by atoms with van der Waals surface area (Å²) in [7, 11) is 0. The summed E-state index contributed by atoms with van der Waals surface area (Å²) >= 11 is 0. The zero-order chi connectivity index (χ0) is 12.1. The number of nitrogens with zero attached hydrogens (tertiary/aromatic N) is 1. The fourth-order valence-corrected chi connectivity index (χ4v) is 2.51. The number of nitrogens with two attached hydrogens (primary N) is 1. The Hall–Kier alpha value is -0.930. The summed E-state index contributed by atoms with van der Waals surface area (Å²) in [6.07, 6.45) is 8.91. The van der Waals surface area contributed by atoms with Crippen LogP contribution in [0.5, 0.6) is 0 Å². The van der Waals surface area contributed by atoms with E-state index in [9.17, 15) is 0 Å². The van der Waals surface area contributed by atoms with Gasteiger partial charge in [-0.2, -0.15) is 0 Å². The van der Waals surface area contributed by atoms with Gasteiger partial charge in [0, 0.05) is 24.0 Å². The highest BCUT2D eigenvalue weighted by molar-refractivity contribution is 5.13. The van der Waals surface area contributed by atoms with Crippen molar-refractivity contribution < 1.29 is 4.74 Å². The Morgan fingerprint density at radius 1 is 1.47 bits per heavy atom. The molecule has 2 N–H and O–H groups in total. The van der Waals surface area contributed by atoms with E-state index < -0.39 is 0 Å². The van der Waals surface area contributed by atoms with Crippen molar-refractivity contribution >= 4 is 0 Å². The summed E-state index contributed by atoms with van der Waals surface area (Å²) in [4.78, 5) is 4.13. The van der Waals surface area contributed by atoms with Gasteiger partial charge >= 0.3 is 0 Å². The molecule has 2 unspecified atom stereocenters. The van der Waals surface area contributed by atoms with E-state index in [1.54, 1.807) is 6.20 Å². The van der Waals surface area contributed by atoms with Gasteiger partial charge in [0.15, 0.2) is 0 Å². The first kappa shape index (κ1) is 12.5. The van der Waals surface area contributed by atoms with Gasteiger partial charge in [0.05, 0.1) is 12.7 Å². The summed E-state index contributed by atoms with van der Waals surface area (Å²) in [5, 5.41) is 0. The maximum Gasteiger partial charge on any atom is 0.0987 e. The normalized spacial score (nSPS) is 20.4. The second kappa shape index (κ2) is 6.12. The van der Waals surface area contributed by atoms with Crippen molar-refractivity contribution in [3.63, 3.8) is 0 Å². The van der Waals surface area contributed by atoms with Gasteiger partial charge in [-0.15, -0.1) is 0 Å². The summed E-state index contributed by atoms with van der Waals surface area (Å²) in [5.74, 6) is 0.730. The van der Waals surface area contributed by atoms with Crippen molar-refractivity contribution in [1.29, 1.82) is 0 Å². The second-order valence-corrected chi connectivity index (χ2v) is 5.05. The molecule has 0 radical (unpaired) electrons. The first-order valence-corrected chi connectivity index (χ1v) is 6.54. The van der Waals surface area contributed by atoms with Gasteiger partial charge < -0.3 is 10.5 Å². The van der Waals surface area contributed by atoms with Crippen LogP contribution >= 0.6 is 0 Å². The lowest BCUT2D eigenvalue weighted by molar-refractivity contribution is 0.0167. The van der Waals surface area contributed by atoms with E-state index in [-0.39, 0.29) is 12.1 Å². The summed E-state index contributed by atoms with van der Waals surface area (Å²) < 4.78 is 6.01. The first-order chi connectivity index (χ1) is 8.27. The maximum atomic E-state index is 6.01. The summed E-state index contributed by atoms with van der Waals surface area (Å²) in [6, 6.07) is 3.97. The molecule has 1 fully saturated rings. The van der Waals surface area contributed by atoms with Gasteiger partial charge in [0.2, 0.25) is 0 Å². The van der Waals surface area contributed by atoms with Crippen LogP contribution in [0.15, 0.2) is 24.5 Å². The number of ether oxygens (including phenoxy) is 1. The molecule has 17 heavy (non-hydrogen) atoms. The highest BCUT2D eigenvalue weighted by atomic mass is 16.5. The van der Waals surface area contributed by atoms with E-state index in [0.29, 0.717) is 0 Å². The molecule has 0 aliphatic heterocycles. The van der Waals surface area contributed by atoms with Crippen LogP contribution in [-0.4, -0.2) is 17.6 Å². The minimum Gasteiger partial charge on any atom is -0.372 e. The molecule has 3 nitrogen and oxygen atoms in total. The Balaban J connectivity index is 1.93. The van der Waals surface area contributed by atoms with Gasteiger partial charge in [-0.1, -0.05) is 18.9 Å². The third kappa shape index (κ3) is 3.51. The van der Waals surface area contributed by atoms with Crippen LogP contribution in [0.4, 0.5) is 0 Å². The minimum atomic E-state index is -0.0238. The topological polar surface area (TPSA) is 48.1 Å². The minimum absolute atomic E-state index is 0.000558. The lowest BCUT2D eigenvalue weighted by Gasteiger charge is -2.23. The van der Waals surface area contributed by atoms with Crippen LogP contribution < -0.4 is 5.73 Å². The Labute approximate surface area is 103 Å². The first-order valence-electron chi connectivity index (χ1n) is 6.54. The average Bonchev–Trinajstić information content (AvgIpc) is 2.83. The Kier molecular flexibility index (Phi) is 4.51. The van der Waals surface area contributed by atoms with Gasteiger partial charge in [-0.3, -0.25) is 4.98 Å². The molecule has 0 saturated heterocycles. The predicted octanol–water partition coefficient (Wildman–Crippen LogP) is 2.68. The van der Waals surface area contributed by atoms with Gasteiger partial charge in [-0.25, -0.2) is 0 Å². The molecule has 0 spiro atoms. The molecule has 0 aromatic carbocycles.